The quantitative estimate of drug-likeness (QED) is 0.693. The predicted octanol–water partition coefficient (Wildman–Crippen LogP) is 2.13. The van der Waals surface area contributed by atoms with Crippen LogP contribution in [0.25, 0.3) is 10.9 Å². The van der Waals surface area contributed by atoms with Crippen LogP contribution in [0.3, 0.4) is 0 Å². The summed E-state index contributed by atoms with van der Waals surface area (Å²) >= 11 is 0. The van der Waals surface area contributed by atoms with Gasteiger partial charge in [-0.25, -0.2) is 9.07 Å². The number of rotatable bonds is 4. The molecule has 0 radical (unpaired) electrons. The third-order valence-electron chi connectivity index (χ3n) is 5.16. The van der Waals surface area contributed by atoms with Gasteiger partial charge in [-0.15, -0.1) is 5.10 Å². The molecule has 0 saturated heterocycles. The number of hydrogen-bond acceptors (Lipinski definition) is 5. The molecular weight excluding hydrogens is 363 g/mol. The second-order valence-corrected chi connectivity index (χ2v) is 7.14. The van der Waals surface area contributed by atoms with Crippen molar-refractivity contribution < 1.29 is 13.9 Å². The Kier molecular flexibility index (Phi) is 3.85. The maximum Gasteiger partial charge on any atom is 0.277 e. The molecular formula is C20H17FN4O3. The van der Waals surface area contributed by atoms with Crippen LogP contribution in [0.15, 0.2) is 41.2 Å². The molecule has 28 heavy (non-hydrogen) atoms. The maximum absolute atomic E-state index is 13.3. The van der Waals surface area contributed by atoms with Gasteiger partial charge < -0.3 is 9.64 Å². The van der Waals surface area contributed by atoms with Crippen molar-refractivity contribution in [3.8, 4) is 5.75 Å². The number of carbonyl (C=O) groups is 1. The highest BCUT2D eigenvalue weighted by Gasteiger charge is 2.37. The molecule has 1 fully saturated rings. The van der Waals surface area contributed by atoms with E-state index in [9.17, 15) is 14.0 Å². The molecule has 1 amide bonds. The lowest BCUT2D eigenvalue weighted by molar-refractivity contribution is 0.0499. The Bertz CT molecular complexity index is 1160. The van der Waals surface area contributed by atoms with Gasteiger partial charge in [0.25, 0.3) is 11.5 Å². The molecule has 2 aliphatic rings. The van der Waals surface area contributed by atoms with Crippen LogP contribution in [-0.4, -0.2) is 38.6 Å². The van der Waals surface area contributed by atoms with Gasteiger partial charge in [-0.1, -0.05) is 17.3 Å². The zero-order valence-electron chi connectivity index (χ0n) is 15.0. The van der Waals surface area contributed by atoms with Crippen molar-refractivity contribution in [2.75, 3.05) is 6.73 Å². The number of carbonyl (C=O) groups excluding carboxylic acids is 1. The second-order valence-electron chi connectivity index (χ2n) is 7.14. The number of amides is 1. The highest BCUT2D eigenvalue weighted by Crippen LogP contribution is 2.34. The number of nitrogens with zero attached hydrogens (tertiary/aromatic N) is 4. The molecule has 7 nitrogen and oxygen atoms in total. The smallest absolute Gasteiger partial charge is 0.277 e. The van der Waals surface area contributed by atoms with Crippen LogP contribution in [0.1, 0.15) is 28.8 Å². The molecule has 1 aliphatic carbocycles. The van der Waals surface area contributed by atoms with Crippen molar-refractivity contribution in [2.45, 2.75) is 31.8 Å². The Morgan fingerprint density at radius 1 is 1.18 bits per heavy atom. The maximum atomic E-state index is 13.3. The summed E-state index contributed by atoms with van der Waals surface area (Å²) in [6, 6.07) is 9.63. The van der Waals surface area contributed by atoms with Gasteiger partial charge in [0, 0.05) is 6.04 Å². The first-order chi connectivity index (χ1) is 13.6. The fraction of sp³-hybridized carbons (Fsp3) is 0.300. The third kappa shape index (κ3) is 2.90. The number of hydrogen-bond donors (Lipinski definition) is 0. The Labute approximate surface area is 159 Å². The fourth-order valence-corrected chi connectivity index (χ4v) is 3.47. The Balaban J connectivity index is 1.46. The predicted molar refractivity (Wildman–Crippen MR) is 98.6 cm³/mol. The Hall–Kier alpha value is -3.29. The van der Waals surface area contributed by atoms with E-state index in [4.69, 9.17) is 4.74 Å². The van der Waals surface area contributed by atoms with Crippen LogP contribution in [0.2, 0.25) is 0 Å². The van der Waals surface area contributed by atoms with Crippen molar-refractivity contribution in [3.63, 3.8) is 0 Å². The lowest BCUT2D eigenvalue weighted by atomic mass is 10.1. The summed E-state index contributed by atoms with van der Waals surface area (Å²) in [5, 5.41) is 8.44. The topological polar surface area (TPSA) is 77.3 Å². The SMILES string of the molecule is O=C1c2cc3nnn(CCc4cccc(F)c4)c(=O)c3cc2OCN1C1CC1. The standard InChI is InChI=1S/C20H17FN4O3/c21-13-3-1-2-12(8-13)6-7-25-20(27)15-10-18-16(9-17(15)22-23-25)19(26)24(11-28-18)14-4-5-14/h1-3,8-10,14H,4-7,11H2. The van der Waals surface area contributed by atoms with Crippen molar-refractivity contribution in [3.05, 3.63) is 63.7 Å². The molecule has 142 valence electrons. The highest BCUT2D eigenvalue weighted by atomic mass is 19.1. The molecule has 0 spiro atoms. The van der Waals surface area contributed by atoms with Crippen LogP contribution in [0.5, 0.6) is 5.75 Å². The Morgan fingerprint density at radius 3 is 2.82 bits per heavy atom. The van der Waals surface area contributed by atoms with Crippen molar-refractivity contribution in [2.24, 2.45) is 0 Å². The zero-order chi connectivity index (χ0) is 19.3. The monoisotopic (exact) mass is 380 g/mol. The summed E-state index contributed by atoms with van der Waals surface area (Å²) in [6.07, 6.45) is 2.44. The molecule has 0 unspecified atom stereocenters. The van der Waals surface area contributed by atoms with Gasteiger partial charge in [-0.2, -0.15) is 0 Å². The average molecular weight is 380 g/mol. The summed E-state index contributed by atoms with van der Waals surface area (Å²) in [4.78, 5) is 27.2. The van der Waals surface area contributed by atoms with Gasteiger partial charge in [0.2, 0.25) is 0 Å². The van der Waals surface area contributed by atoms with Crippen molar-refractivity contribution in [1.29, 1.82) is 0 Å². The number of aryl methyl sites for hydroxylation is 2. The minimum atomic E-state index is -0.317. The van der Waals surface area contributed by atoms with Gasteiger partial charge in [0.1, 0.15) is 17.1 Å². The van der Waals surface area contributed by atoms with Crippen LogP contribution in [-0.2, 0) is 13.0 Å². The molecule has 3 aromatic rings. The van der Waals surface area contributed by atoms with E-state index in [1.807, 2.05) is 0 Å². The first kappa shape index (κ1) is 16.9. The molecule has 8 heteroatoms. The fourth-order valence-electron chi connectivity index (χ4n) is 3.47. The van der Waals surface area contributed by atoms with Crippen molar-refractivity contribution in [1.82, 2.24) is 19.9 Å². The minimum Gasteiger partial charge on any atom is -0.472 e. The van der Waals surface area contributed by atoms with Crippen LogP contribution in [0.4, 0.5) is 4.39 Å². The summed E-state index contributed by atoms with van der Waals surface area (Å²) in [5.74, 6) is -0.0120. The van der Waals surface area contributed by atoms with Gasteiger partial charge in [0.05, 0.1) is 17.5 Å². The number of aromatic nitrogens is 3. The second kappa shape index (κ2) is 6.40. The van der Waals surface area contributed by atoms with Gasteiger partial charge in [-0.05, 0) is 49.1 Å². The average Bonchev–Trinajstić information content (AvgIpc) is 3.52. The molecule has 5 rings (SSSR count). The highest BCUT2D eigenvalue weighted by molar-refractivity contribution is 6.01. The number of benzene rings is 2. The van der Waals surface area contributed by atoms with E-state index < -0.39 is 0 Å². The van der Waals surface area contributed by atoms with E-state index in [-0.39, 0.29) is 36.6 Å². The molecule has 2 heterocycles. The summed E-state index contributed by atoms with van der Waals surface area (Å²) in [5.41, 5.74) is 1.23. The molecule has 0 atom stereocenters. The number of fused-ring (bicyclic) bond motifs is 2. The van der Waals surface area contributed by atoms with E-state index >= 15 is 0 Å². The molecule has 1 aromatic heterocycles. The van der Waals surface area contributed by atoms with Gasteiger partial charge >= 0.3 is 0 Å². The van der Waals surface area contributed by atoms with E-state index in [0.717, 1.165) is 18.4 Å². The van der Waals surface area contributed by atoms with Crippen LogP contribution in [0, 0.1) is 5.82 Å². The number of halogens is 1. The lowest BCUT2D eigenvalue weighted by Gasteiger charge is -2.28. The first-order valence-electron chi connectivity index (χ1n) is 9.20. The van der Waals surface area contributed by atoms with Gasteiger partial charge in [0.15, 0.2) is 6.73 Å². The van der Waals surface area contributed by atoms with Crippen molar-refractivity contribution >= 4 is 16.8 Å². The minimum absolute atomic E-state index is 0.0947. The van der Waals surface area contributed by atoms with Gasteiger partial charge in [-0.3, -0.25) is 9.59 Å². The van der Waals surface area contributed by atoms with Crippen LogP contribution < -0.4 is 10.3 Å². The molecule has 1 saturated carbocycles. The zero-order valence-corrected chi connectivity index (χ0v) is 15.0. The summed E-state index contributed by atoms with van der Waals surface area (Å²) in [6.45, 7) is 0.478. The molecule has 1 aliphatic heterocycles. The molecule has 0 bridgehead atoms. The van der Waals surface area contributed by atoms with E-state index in [2.05, 4.69) is 10.3 Å². The van der Waals surface area contributed by atoms with E-state index in [0.29, 0.717) is 28.6 Å². The Morgan fingerprint density at radius 2 is 2.04 bits per heavy atom. The van der Waals surface area contributed by atoms with E-state index in [1.54, 1.807) is 29.2 Å². The normalized spacial score (nSPS) is 16.2. The third-order valence-corrected chi connectivity index (χ3v) is 5.16. The molecule has 0 N–H and O–H groups in total. The lowest BCUT2D eigenvalue weighted by Crippen LogP contribution is -2.40. The van der Waals surface area contributed by atoms with Crippen LogP contribution >= 0.6 is 0 Å². The molecule has 2 aromatic carbocycles. The first-order valence-corrected chi connectivity index (χ1v) is 9.20. The number of ether oxygens (including phenoxy) is 1. The van der Waals surface area contributed by atoms with E-state index in [1.165, 1.54) is 16.8 Å². The summed E-state index contributed by atoms with van der Waals surface area (Å²) in [7, 11) is 0. The largest absolute Gasteiger partial charge is 0.472 e. The summed E-state index contributed by atoms with van der Waals surface area (Å²) < 4.78 is 20.3.